The predicted octanol–water partition coefficient (Wildman–Crippen LogP) is 6.78. The maximum atomic E-state index is 14.2. The molecule has 0 amide bonds. The lowest BCUT2D eigenvalue weighted by atomic mass is 9.67. The molecule has 4 aromatic rings. The Morgan fingerprint density at radius 3 is 2.10 bits per heavy atom. The highest BCUT2D eigenvalue weighted by Gasteiger charge is 2.43. The molecular formula is C31H30ClNO6. The number of phenolic OH excluding ortho intramolecular Hbond substituents is 1. The third kappa shape index (κ3) is 3.79. The van der Waals surface area contributed by atoms with E-state index < -0.39 is 5.41 Å². The molecule has 3 aromatic carbocycles. The summed E-state index contributed by atoms with van der Waals surface area (Å²) < 4.78 is 22.3. The number of carbonyl (C=O) groups is 1. The summed E-state index contributed by atoms with van der Waals surface area (Å²) >= 11 is 6.57. The summed E-state index contributed by atoms with van der Waals surface area (Å²) in [6.07, 6.45) is 0. The van der Waals surface area contributed by atoms with Gasteiger partial charge in [-0.3, -0.25) is 9.78 Å². The van der Waals surface area contributed by atoms with Crippen LogP contribution in [0.1, 0.15) is 52.2 Å². The SMILES string of the molecule is COc1cc(C)c(-c2nc(C)cc3cc4c(c(O)c23)C(=O)c2c(cc(OC)c(Cl)c2OC)C4(C)C)c(OC)c1. The largest absolute Gasteiger partial charge is 0.506 e. The van der Waals surface area contributed by atoms with E-state index in [9.17, 15) is 9.90 Å². The van der Waals surface area contributed by atoms with Gasteiger partial charge in [-0.2, -0.15) is 0 Å². The quantitative estimate of drug-likeness (QED) is 0.294. The molecule has 1 aliphatic rings. The Labute approximate surface area is 232 Å². The van der Waals surface area contributed by atoms with Gasteiger partial charge in [-0.1, -0.05) is 25.4 Å². The van der Waals surface area contributed by atoms with Gasteiger partial charge in [0.15, 0.2) is 5.75 Å². The molecule has 0 saturated carbocycles. The van der Waals surface area contributed by atoms with Crippen LogP contribution in [0, 0.1) is 13.8 Å². The van der Waals surface area contributed by atoms with Gasteiger partial charge >= 0.3 is 0 Å². The van der Waals surface area contributed by atoms with E-state index >= 15 is 0 Å². The Balaban J connectivity index is 1.91. The van der Waals surface area contributed by atoms with Gasteiger partial charge in [0, 0.05) is 22.7 Å². The zero-order valence-electron chi connectivity index (χ0n) is 23.2. The molecule has 5 rings (SSSR count). The first-order valence-corrected chi connectivity index (χ1v) is 12.8. The molecule has 0 radical (unpaired) electrons. The number of methoxy groups -OCH3 is 4. The Hall–Kier alpha value is -3.97. The Morgan fingerprint density at radius 1 is 0.821 bits per heavy atom. The van der Waals surface area contributed by atoms with Crippen LogP contribution >= 0.6 is 11.6 Å². The minimum Gasteiger partial charge on any atom is -0.506 e. The van der Waals surface area contributed by atoms with Crippen molar-refractivity contribution in [1.82, 2.24) is 4.98 Å². The molecule has 0 bridgehead atoms. The molecule has 39 heavy (non-hydrogen) atoms. The van der Waals surface area contributed by atoms with Crippen molar-refractivity contribution in [2.45, 2.75) is 33.1 Å². The molecule has 1 aliphatic carbocycles. The molecular weight excluding hydrogens is 518 g/mol. The van der Waals surface area contributed by atoms with E-state index in [0.29, 0.717) is 50.6 Å². The van der Waals surface area contributed by atoms with Crippen LogP contribution in [0.4, 0.5) is 0 Å². The van der Waals surface area contributed by atoms with Crippen LogP contribution in [-0.4, -0.2) is 44.3 Å². The molecule has 0 unspecified atom stereocenters. The fourth-order valence-electron chi connectivity index (χ4n) is 5.69. The van der Waals surface area contributed by atoms with Gasteiger partial charge in [-0.05, 0) is 60.2 Å². The summed E-state index contributed by atoms with van der Waals surface area (Å²) in [5, 5.41) is 13.3. The Bertz CT molecular complexity index is 1690. The third-order valence-corrected chi connectivity index (χ3v) is 7.96. The second-order valence-electron chi connectivity index (χ2n) is 10.2. The van der Waals surface area contributed by atoms with Gasteiger partial charge in [0.25, 0.3) is 0 Å². The lowest BCUT2D eigenvalue weighted by Gasteiger charge is -2.36. The van der Waals surface area contributed by atoms with Gasteiger partial charge in [-0.25, -0.2) is 0 Å². The van der Waals surface area contributed by atoms with Crippen molar-refractivity contribution in [1.29, 1.82) is 0 Å². The molecule has 0 atom stereocenters. The average Bonchev–Trinajstić information content (AvgIpc) is 2.90. The highest BCUT2D eigenvalue weighted by Crippen LogP contribution is 2.53. The van der Waals surface area contributed by atoms with Crippen LogP contribution in [0.25, 0.3) is 22.0 Å². The van der Waals surface area contributed by atoms with Crippen LogP contribution in [0.3, 0.4) is 0 Å². The predicted molar refractivity (Wildman–Crippen MR) is 152 cm³/mol. The lowest BCUT2D eigenvalue weighted by molar-refractivity contribution is 0.102. The second-order valence-corrected chi connectivity index (χ2v) is 10.6. The molecule has 0 spiro atoms. The number of ketones is 1. The number of fused-ring (bicyclic) bond motifs is 3. The molecule has 202 valence electrons. The zero-order chi connectivity index (χ0) is 28.4. The number of benzene rings is 3. The average molecular weight is 548 g/mol. The summed E-state index contributed by atoms with van der Waals surface area (Å²) in [7, 11) is 6.14. The van der Waals surface area contributed by atoms with Crippen molar-refractivity contribution in [3.05, 3.63) is 68.9 Å². The second kappa shape index (κ2) is 9.35. The van der Waals surface area contributed by atoms with Crippen LogP contribution in [0.5, 0.6) is 28.7 Å². The normalized spacial score (nSPS) is 13.6. The smallest absolute Gasteiger partial charge is 0.201 e. The number of aromatic hydroxyl groups is 1. The molecule has 7 nitrogen and oxygen atoms in total. The molecule has 8 heteroatoms. The number of pyridine rings is 1. The first-order chi connectivity index (χ1) is 18.5. The minimum atomic E-state index is -0.694. The number of halogens is 1. The number of ether oxygens (including phenoxy) is 4. The summed E-state index contributed by atoms with van der Waals surface area (Å²) in [4.78, 5) is 19.0. The van der Waals surface area contributed by atoms with Crippen molar-refractivity contribution >= 4 is 28.2 Å². The van der Waals surface area contributed by atoms with Crippen molar-refractivity contribution in [2.24, 2.45) is 0 Å². The maximum Gasteiger partial charge on any atom is 0.201 e. The minimum absolute atomic E-state index is 0.153. The van der Waals surface area contributed by atoms with Gasteiger partial charge in [0.05, 0.1) is 50.6 Å². The number of rotatable bonds is 5. The van der Waals surface area contributed by atoms with E-state index in [1.54, 1.807) is 26.4 Å². The fraction of sp³-hybridized carbons (Fsp3) is 0.290. The van der Waals surface area contributed by atoms with Crippen molar-refractivity contribution < 1.29 is 28.8 Å². The van der Waals surface area contributed by atoms with Crippen molar-refractivity contribution in [3.63, 3.8) is 0 Å². The van der Waals surface area contributed by atoms with Gasteiger partial charge in [0.2, 0.25) is 5.78 Å². The molecule has 1 N–H and O–H groups in total. The standard InChI is InChI=1S/C31H30ClNO6/c1-14-9-17(36-5)12-20(37-6)22(14)27-23-16(10-15(2)33-27)11-18-24(28(23)34)29(35)25-19(31(18,3)4)13-21(38-7)26(32)30(25)39-8/h9-13,34H,1-8H3. The lowest BCUT2D eigenvalue weighted by Crippen LogP contribution is -2.31. The number of aromatic nitrogens is 1. The van der Waals surface area contributed by atoms with Gasteiger partial charge < -0.3 is 24.1 Å². The van der Waals surface area contributed by atoms with Crippen LogP contribution in [0.15, 0.2) is 30.3 Å². The van der Waals surface area contributed by atoms with Crippen molar-refractivity contribution in [2.75, 3.05) is 28.4 Å². The number of nitrogens with zero attached hydrogens (tertiary/aromatic N) is 1. The first kappa shape index (κ1) is 26.6. The summed E-state index contributed by atoms with van der Waals surface area (Å²) in [5.74, 6) is 1.26. The van der Waals surface area contributed by atoms with Crippen molar-refractivity contribution in [3.8, 4) is 40.0 Å². The molecule has 0 saturated heterocycles. The monoisotopic (exact) mass is 547 g/mol. The Morgan fingerprint density at radius 2 is 1.49 bits per heavy atom. The zero-order valence-corrected chi connectivity index (χ0v) is 24.0. The van der Waals surface area contributed by atoms with E-state index in [2.05, 4.69) is 0 Å². The molecule has 0 fully saturated rings. The van der Waals surface area contributed by atoms with Gasteiger partial charge in [-0.15, -0.1) is 0 Å². The molecule has 1 aromatic heterocycles. The summed E-state index contributed by atoms with van der Waals surface area (Å²) in [5.41, 5.74) is 4.01. The number of hydrogen-bond acceptors (Lipinski definition) is 7. The topological polar surface area (TPSA) is 87.1 Å². The van der Waals surface area contributed by atoms with Gasteiger partial charge in [0.1, 0.15) is 28.0 Å². The number of phenols is 1. The van der Waals surface area contributed by atoms with E-state index in [0.717, 1.165) is 16.6 Å². The van der Waals surface area contributed by atoms with Crippen LogP contribution in [-0.2, 0) is 5.41 Å². The number of carbonyl (C=O) groups excluding carboxylic acids is 1. The maximum absolute atomic E-state index is 14.2. The third-order valence-electron chi connectivity index (χ3n) is 7.60. The summed E-state index contributed by atoms with van der Waals surface area (Å²) in [6, 6.07) is 9.30. The molecule has 0 aliphatic heterocycles. The highest BCUT2D eigenvalue weighted by molar-refractivity contribution is 6.35. The number of hydrogen-bond donors (Lipinski definition) is 1. The first-order valence-electron chi connectivity index (χ1n) is 12.4. The van der Waals surface area contributed by atoms with E-state index in [-0.39, 0.29) is 27.9 Å². The fourth-order valence-corrected chi connectivity index (χ4v) is 5.99. The van der Waals surface area contributed by atoms with Crippen LogP contribution in [0.2, 0.25) is 5.02 Å². The Kier molecular flexibility index (Phi) is 6.38. The van der Waals surface area contributed by atoms with Crippen LogP contribution < -0.4 is 18.9 Å². The van der Waals surface area contributed by atoms with E-state index in [4.69, 9.17) is 35.5 Å². The highest BCUT2D eigenvalue weighted by atomic mass is 35.5. The summed E-state index contributed by atoms with van der Waals surface area (Å²) in [6.45, 7) is 7.83. The molecule has 1 heterocycles. The van der Waals surface area contributed by atoms with E-state index in [1.807, 2.05) is 45.9 Å². The van der Waals surface area contributed by atoms with E-state index in [1.165, 1.54) is 14.2 Å². The number of aryl methyl sites for hydroxylation is 2.